The molecule has 1 aliphatic heterocycles. The zero-order chi connectivity index (χ0) is 36.8. The van der Waals surface area contributed by atoms with Crippen molar-refractivity contribution in [2.75, 3.05) is 13.2 Å². The Balaban J connectivity index is 2.50. The maximum atomic E-state index is 12.9. The van der Waals surface area contributed by atoms with Crippen LogP contribution in [0.4, 0.5) is 0 Å². The smallest absolute Gasteiger partial charge is 0.249 e. The lowest BCUT2D eigenvalue weighted by molar-refractivity contribution is -0.302. The van der Waals surface area contributed by atoms with Gasteiger partial charge in [-0.05, 0) is 19.3 Å². The minimum atomic E-state index is -1.60. The molecule has 1 aliphatic rings. The number of ether oxygens (including phenoxy) is 2. The number of unbranched alkanes of at least 4 members (excludes halogenated alkanes) is 22. The first kappa shape index (κ1) is 46.9. The first-order chi connectivity index (χ1) is 24.3. The lowest BCUT2D eigenvalue weighted by Crippen LogP contribution is -2.60. The maximum absolute atomic E-state index is 12.9. The highest BCUT2D eigenvalue weighted by Crippen LogP contribution is 2.22. The summed E-state index contributed by atoms with van der Waals surface area (Å²) in [4.78, 5) is 12.9. The Morgan fingerprint density at radius 1 is 0.680 bits per heavy atom. The molecule has 1 heterocycles. The van der Waals surface area contributed by atoms with Crippen LogP contribution in [0.15, 0.2) is 12.2 Å². The van der Waals surface area contributed by atoms with Gasteiger partial charge in [-0.3, -0.25) is 4.79 Å². The second kappa shape index (κ2) is 31.4. The van der Waals surface area contributed by atoms with E-state index in [0.717, 1.165) is 44.9 Å². The molecule has 1 saturated heterocycles. The number of amides is 1. The van der Waals surface area contributed by atoms with Crippen LogP contribution < -0.4 is 5.32 Å². The zero-order valence-electron chi connectivity index (χ0n) is 31.8. The van der Waals surface area contributed by atoms with Gasteiger partial charge < -0.3 is 45.4 Å². The second-order valence-corrected chi connectivity index (χ2v) is 14.6. The van der Waals surface area contributed by atoms with Gasteiger partial charge in [-0.2, -0.15) is 0 Å². The molecular formula is C40H77NO9. The number of aliphatic hydroxyl groups excluding tert-OH is 6. The van der Waals surface area contributed by atoms with Gasteiger partial charge in [0.25, 0.3) is 0 Å². The number of aliphatic hydroxyl groups is 6. The van der Waals surface area contributed by atoms with Gasteiger partial charge >= 0.3 is 0 Å². The molecule has 0 aliphatic carbocycles. The van der Waals surface area contributed by atoms with Gasteiger partial charge in [0, 0.05) is 0 Å². The number of carbonyl (C=O) groups is 1. The van der Waals surface area contributed by atoms with E-state index in [1.54, 1.807) is 6.08 Å². The summed E-state index contributed by atoms with van der Waals surface area (Å²) >= 11 is 0. The fourth-order valence-electron chi connectivity index (χ4n) is 6.51. The molecule has 1 amide bonds. The van der Waals surface area contributed by atoms with Gasteiger partial charge in [0.1, 0.15) is 30.5 Å². The van der Waals surface area contributed by atoms with Gasteiger partial charge in [-0.25, -0.2) is 0 Å². The summed E-state index contributed by atoms with van der Waals surface area (Å²) in [5, 5.41) is 64.3. The van der Waals surface area contributed by atoms with Crippen molar-refractivity contribution in [2.45, 2.75) is 223 Å². The van der Waals surface area contributed by atoms with Gasteiger partial charge in [0.2, 0.25) is 5.91 Å². The minimum Gasteiger partial charge on any atom is -0.394 e. The molecule has 0 aromatic carbocycles. The van der Waals surface area contributed by atoms with Crippen molar-refractivity contribution in [1.29, 1.82) is 0 Å². The van der Waals surface area contributed by atoms with E-state index in [1.165, 1.54) is 109 Å². The van der Waals surface area contributed by atoms with Crippen LogP contribution in [0.2, 0.25) is 0 Å². The number of rotatable bonds is 33. The Hall–Kier alpha value is -1.11. The highest BCUT2D eigenvalue weighted by molar-refractivity contribution is 5.80. The molecular weight excluding hydrogens is 638 g/mol. The molecule has 296 valence electrons. The summed E-state index contributed by atoms with van der Waals surface area (Å²) in [7, 11) is 0. The highest BCUT2D eigenvalue weighted by atomic mass is 16.7. The summed E-state index contributed by atoms with van der Waals surface area (Å²) < 4.78 is 11.1. The Labute approximate surface area is 304 Å². The second-order valence-electron chi connectivity index (χ2n) is 14.6. The molecule has 0 radical (unpaired) electrons. The van der Waals surface area contributed by atoms with E-state index in [0.29, 0.717) is 6.42 Å². The molecule has 1 fully saturated rings. The quantitative estimate of drug-likeness (QED) is 0.0302. The van der Waals surface area contributed by atoms with Crippen LogP contribution >= 0.6 is 0 Å². The van der Waals surface area contributed by atoms with Gasteiger partial charge in [-0.1, -0.05) is 167 Å². The van der Waals surface area contributed by atoms with Crippen molar-refractivity contribution >= 4 is 5.91 Å². The third kappa shape index (κ3) is 22.1. The number of hydrogen-bond acceptors (Lipinski definition) is 9. The van der Waals surface area contributed by atoms with Crippen LogP contribution in [0.3, 0.4) is 0 Å². The van der Waals surface area contributed by atoms with Gasteiger partial charge in [-0.15, -0.1) is 0 Å². The highest BCUT2D eigenvalue weighted by Gasteiger charge is 2.44. The molecule has 10 heteroatoms. The maximum Gasteiger partial charge on any atom is 0.249 e. The minimum absolute atomic E-state index is 0.302. The fourth-order valence-corrected chi connectivity index (χ4v) is 6.51. The van der Waals surface area contributed by atoms with E-state index >= 15 is 0 Å². The van der Waals surface area contributed by atoms with E-state index in [9.17, 15) is 35.4 Å². The van der Waals surface area contributed by atoms with E-state index < -0.39 is 61.5 Å². The average Bonchev–Trinajstić information content (AvgIpc) is 3.11. The van der Waals surface area contributed by atoms with Crippen LogP contribution in [0, 0.1) is 0 Å². The molecule has 0 aromatic rings. The predicted molar refractivity (Wildman–Crippen MR) is 200 cm³/mol. The Morgan fingerprint density at radius 3 is 1.62 bits per heavy atom. The summed E-state index contributed by atoms with van der Waals surface area (Å²) in [6, 6.07) is -0.972. The molecule has 0 aromatic heterocycles. The van der Waals surface area contributed by atoms with Crippen molar-refractivity contribution in [1.82, 2.24) is 5.32 Å². The summed E-state index contributed by atoms with van der Waals surface area (Å²) in [5.41, 5.74) is 0. The van der Waals surface area contributed by atoms with Crippen molar-refractivity contribution in [3.8, 4) is 0 Å². The zero-order valence-corrected chi connectivity index (χ0v) is 31.8. The van der Waals surface area contributed by atoms with E-state index in [1.807, 2.05) is 6.08 Å². The summed E-state index contributed by atoms with van der Waals surface area (Å²) in [6.45, 7) is 3.57. The average molecular weight is 716 g/mol. The lowest BCUT2D eigenvalue weighted by atomic mass is 9.99. The summed E-state index contributed by atoms with van der Waals surface area (Å²) in [6.07, 6.45) is 23.0. The standard InChI is InChI=1S/C40H77NO9/c1-3-5-7-9-11-13-15-17-19-20-22-24-26-28-33(43)32(31-49-40-38(47)37(46)36(45)35(30-42)50-40)41-39(48)34(44)29-27-25-23-21-18-16-14-12-10-8-6-4-2/h26,28,32-38,40,42-47H,3-25,27,29-31H2,1-2H3,(H,41,48)/b28-26+. The molecule has 0 saturated carbocycles. The normalized spacial score (nSPS) is 22.9. The van der Waals surface area contributed by atoms with Crippen LogP contribution in [-0.2, 0) is 14.3 Å². The molecule has 50 heavy (non-hydrogen) atoms. The first-order valence-electron chi connectivity index (χ1n) is 20.5. The van der Waals surface area contributed by atoms with Crippen LogP contribution in [0.5, 0.6) is 0 Å². The third-order valence-corrected chi connectivity index (χ3v) is 9.97. The lowest BCUT2D eigenvalue weighted by Gasteiger charge is -2.40. The van der Waals surface area contributed by atoms with Crippen molar-refractivity contribution < 1.29 is 44.9 Å². The molecule has 7 N–H and O–H groups in total. The van der Waals surface area contributed by atoms with E-state index in [4.69, 9.17) is 9.47 Å². The largest absolute Gasteiger partial charge is 0.394 e. The summed E-state index contributed by atoms with van der Waals surface area (Å²) in [5.74, 6) is -0.617. The van der Waals surface area contributed by atoms with Crippen molar-refractivity contribution in [2.24, 2.45) is 0 Å². The molecule has 1 rings (SSSR count). The Kier molecular flexibility index (Phi) is 29.5. The topological polar surface area (TPSA) is 169 Å². The molecule has 0 bridgehead atoms. The third-order valence-electron chi connectivity index (χ3n) is 9.97. The SMILES string of the molecule is CCCCCCCCCCCCC/C=C/C(O)C(COC1OC(CO)C(O)C(O)C1O)NC(=O)C(O)CCCCCCCCCCCCCC. The fraction of sp³-hybridized carbons (Fsp3) is 0.925. The predicted octanol–water partition coefficient (Wildman–Crippen LogP) is 6.36. The monoisotopic (exact) mass is 716 g/mol. The van der Waals surface area contributed by atoms with Crippen molar-refractivity contribution in [3.63, 3.8) is 0 Å². The Bertz CT molecular complexity index is 814. The van der Waals surface area contributed by atoms with E-state index in [-0.39, 0.29) is 6.61 Å². The van der Waals surface area contributed by atoms with Gasteiger partial charge in [0.15, 0.2) is 6.29 Å². The van der Waals surface area contributed by atoms with Crippen molar-refractivity contribution in [3.05, 3.63) is 12.2 Å². The number of nitrogens with one attached hydrogen (secondary N) is 1. The number of allylic oxidation sites excluding steroid dienone is 1. The molecule has 0 spiro atoms. The van der Waals surface area contributed by atoms with Gasteiger partial charge in [0.05, 0.1) is 25.4 Å². The van der Waals surface area contributed by atoms with E-state index in [2.05, 4.69) is 19.2 Å². The molecule has 8 unspecified atom stereocenters. The van der Waals surface area contributed by atoms with Crippen LogP contribution in [0.1, 0.15) is 174 Å². The van der Waals surface area contributed by atoms with Crippen LogP contribution in [0.25, 0.3) is 0 Å². The molecule has 10 nitrogen and oxygen atoms in total. The number of carbonyl (C=O) groups excluding carboxylic acids is 1. The molecule has 8 atom stereocenters. The first-order valence-corrected chi connectivity index (χ1v) is 20.5. The Morgan fingerprint density at radius 2 is 1.14 bits per heavy atom. The van der Waals surface area contributed by atoms with Crippen LogP contribution in [-0.4, -0.2) is 98.7 Å². The number of hydrogen-bond donors (Lipinski definition) is 7.